The van der Waals surface area contributed by atoms with E-state index in [-0.39, 0.29) is 42.0 Å². The molecule has 1 aromatic rings. The van der Waals surface area contributed by atoms with Gasteiger partial charge < -0.3 is 20.3 Å². The Balaban J connectivity index is 0.00000392. The first-order chi connectivity index (χ1) is 12.9. The summed E-state index contributed by atoms with van der Waals surface area (Å²) in [4.78, 5) is 18.6. The first-order valence-electron chi connectivity index (χ1n) is 9.75. The highest BCUT2D eigenvalue weighted by Crippen LogP contribution is 2.21. The summed E-state index contributed by atoms with van der Waals surface area (Å²) in [5.74, 6) is 1.41. The molecule has 0 radical (unpaired) electrons. The smallest absolute Gasteiger partial charge is 0.241 e. The maximum Gasteiger partial charge on any atom is 0.241 e. The van der Waals surface area contributed by atoms with E-state index in [1.165, 1.54) is 5.56 Å². The molecule has 2 N–H and O–H groups in total. The van der Waals surface area contributed by atoms with E-state index in [1.54, 1.807) is 14.2 Å². The van der Waals surface area contributed by atoms with E-state index in [0.717, 1.165) is 32.4 Å². The number of hydrogen-bond donors (Lipinski definition) is 2. The van der Waals surface area contributed by atoms with Crippen LogP contribution in [0.3, 0.4) is 0 Å². The van der Waals surface area contributed by atoms with Gasteiger partial charge >= 0.3 is 0 Å². The van der Waals surface area contributed by atoms with Gasteiger partial charge in [0.05, 0.1) is 12.1 Å². The molecular formula is C21H35IN4O2. The summed E-state index contributed by atoms with van der Waals surface area (Å²) in [5.41, 5.74) is 1.10. The fraction of sp³-hybridized carbons (Fsp3) is 0.619. The molecule has 28 heavy (non-hydrogen) atoms. The molecule has 1 aliphatic heterocycles. The van der Waals surface area contributed by atoms with Gasteiger partial charge in [-0.1, -0.05) is 30.3 Å². The highest BCUT2D eigenvalue weighted by molar-refractivity contribution is 14.0. The van der Waals surface area contributed by atoms with Gasteiger partial charge in [0.1, 0.15) is 0 Å². The van der Waals surface area contributed by atoms with E-state index in [9.17, 15) is 4.79 Å². The third-order valence-corrected chi connectivity index (χ3v) is 5.20. The summed E-state index contributed by atoms with van der Waals surface area (Å²) in [5, 5.41) is 6.30. The molecule has 0 bridgehead atoms. The van der Waals surface area contributed by atoms with Crippen molar-refractivity contribution >= 4 is 35.8 Å². The van der Waals surface area contributed by atoms with Gasteiger partial charge in [-0.25, -0.2) is 0 Å². The summed E-state index contributed by atoms with van der Waals surface area (Å²) in [7, 11) is 3.39. The molecule has 1 aromatic carbocycles. The van der Waals surface area contributed by atoms with Crippen LogP contribution in [0, 0.1) is 5.92 Å². The Bertz CT molecular complexity index is 614. The molecule has 1 amide bonds. The lowest BCUT2D eigenvalue weighted by molar-refractivity contribution is -0.131. The minimum atomic E-state index is -0.289. The van der Waals surface area contributed by atoms with E-state index < -0.39 is 0 Å². The molecule has 0 aliphatic carbocycles. The van der Waals surface area contributed by atoms with Gasteiger partial charge in [-0.2, -0.15) is 0 Å². The van der Waals surface area contributed by atoms with Crippen molar-refractivity contribution in [3.8, 4) is 0 Å². The fourth-order valence-corrected chi connectivity index (χ4v) is 3.19. The standard InChI is InChI=1S/C21H34N4O2.HI/c1-21(2,27-4)16-24-20(22-3)23-15-19(26)25-12-10-18(11-13-25)14-17-8-6-5-7-9-17;/h5-9,18H,10-16H2,1-4H3,(H2,22,23,24);1H. The van der Waals surface area contributed by atoms with Gasteiger partial charge in [-0.3, -0.25) is 9.79 Å². The van der Waals surface area contributed by atoms with E-state index in [2.05, 4.69) is 46.0 Å². The Morgan fingerprint density at radius 1 is 1.21 bits per heavy atom. The molecule has 0 atom stereocenters. The van der Waals surface area contributed by atoms with E-state index in [4.69, 9.17) is 4.74 Å². The third-order valence-electron chi connectivity index (χ3n) is 5.20. The minimum absolute atomic E-state index is 0. The van der Waals surface area contributed by atoms with Crippen LogP contribution in [0.4, 0.5) is 0 Å². The minimum Gasteiger partial charge on any atom is -0.377 e. The second-order valence-electron chi connectivity index (χ2n) is 7.76. The Labute approximate surface area is 186 Å². The van der Waals surface area contributed by atoms with Crippen LogP contribution < -0.4 is 10.6 Å². The lowest BCUT2D eigenvalue weighted by Gasteiger charge is -2.32. The summed E-state index contributed by atoms with van der Waals surface area (Å²) < 4.78 is 5.39. The number of methoxy groups -OCH3 is 1. The lowest BCUT2D eigenvalue weighted by Crippen LogP contribution is -2.49. The van der Waals surface area contributed by atoms with Gasteiger partial charge in [0.2, 0.25) is 5.91 Å². The summed E-state index contributed by atoms with van der Waals surface area (Å²) in [6, 6.07) is 10.6. The van der Waals surface area contributed by atoms with Gasteiger partial charge in [-0.05, 0) is 44.6 Å². The molecule has 0 unspecified atom stereocenters. The first kappa shape index (κ1) is 24.7. The van der Waals surface area contributed by atoms with Crippen molar-refractivity contribution in [3.05, 3.63) is 35.9 Å². The fourth-order valence-electron chi connectivity index (χ4n) is 3.19. The quantitative estimate of drug-likeness (QED) is 0.342. The van der Waals surface area contributed by atoms with Crippen LogP contribution in [0.15, 0.2) is 35.3 Å². The van der Waals surface area contributed by atoms with Crippen LogP contribution in [0.5, 0.6) is 0 Å². The zero-order chi connectivity index (χ0) is 19.7. The highest BCUT2D eigenvalue weighted by atomic mass is 127. The molecule has 158 valence electrons. The normalized spacial score (nSPS) is 15.7. The van der Waals surface area contributed by atoms with Crippen molar-refractivity contribution in [2.75, 3.05) is 40.3 Å². The monoisotopic (exact) mass is 502 g/mol. The van der Waals surface area contributed by atoms with Crippen molar-refractivity contribution in [1.29, 1.82) is 0 Å². The largest absolute Gasteiger partial charge is 0.377 e. The summed E-state index contributed by atoms with van der Waals surface area (Å²) in [6.45, 7) is 6.54. The summed E-state index contributed by atoms with van der Waals surface area (Å²) in [6.07, 6.45) is 3.23. The number of guanidine groups is 1. The third kappa shape index (κ3) is 8.34. The second kappa shape index (κ2) is 12.3. The molecule has 6 nitrogen and oxygen atoms in total. The number of amides is 1. The number of benzene rings is 1. The number of hydrogen-bond acceptors (Lipinski definition) is 3. The molecule has 1 fully saturated rings. The number of nitrogens with one attached hydrogen (secondary N) is 2. The second-order valence-corrected chi connectivity index (χ2v) is 7.76. The van der Waals surface area contributed by atoms with Crippen LogP contribution in [0.25, 0.3) is 0 Å². The topological polar surface area (TPSA) is 66.0 Å². The zero-order valence-electron chi connectivity index (χ0n) is 17.5. The van der Waals surface area contributed by atoms with Crippen molar-refractivity contribution in [2.45, 2.75) is 38.7 Å². The Morgan fingerprint density at radius 2 is 1.86 bits per heavy atom. The van der Waals surface area contributed by atoms with E-state index in [1.807, 2.05) is 18.7 Å². The van der Waals surface area contributed by atoms with Crippen molar-refractivity contribution in [3.63, 3.8) is 0 Å². The van der Waals surface area contributed by atoms with E-state index in [0.29, 0.717) is 18.4 Å². The number of aliphatic imine (C=N–C) groups is 1. The molecule has 2 rings (SSSR count). The zero-order valence-corrected chi connectivity index (χ0v) is 19.9. The number of carbonyl (C=O) groups is 1. The lowest BCUT2D eigenvalue weighted by atomic mass is 9.90. The molecule has 1 aliphatic rings. The molecular weight excluding hydrogens is 467 g/mol. The van der Waals surface area contributed by atoms with Crippen LogP contribution >= 0.6 is 24.0 Å². The van der Waals surface area contributed by atoms with Gasteiger partial charge in [0.15, 0.2) is 5.96 Å². The molecule has 1 heterocycles. The predicted molar refractivity (Wildman–Crippen MR) is 125 cm³/mol. The summed E-state index contributed by atoms with van der Waals surface area (Å²) >= 11 is 0. The number of halogens is 1. The van der Waals surface area contributed by atoms with Gasteiger partial charge in [0.25, 0.3) is 0 Å². The number of carbonyl (C=O) groups excluding carboxylic acids is 1. The number of piperidine rings is 1. The van der Waals surface area contributed by atoms with E-state index >= 15 is 0 Å². The maximum absolute atomic E-state index is 12.5. The number of ether oxygens (including phenoxy) is 1. The molecule has 7 heteroatoms. The van der Waals surface area contributed by atoms with Crippen LogP contribution in [-0.4, -0.2) is 62.7 Å². The van der Waals surface area contributed by atoms with Crippen molar-refractivity contribution in [1.82, 2.24) is 15.5 Å². The van der Waals surface area contributed by atoms with Gasteiger partial charge in [0, 0.05) is 33.8 Å². The molecule has 0 spiro atoms. The van der Waals surface area contributed by atoms with Crippen molar-refractivity contribution < 1.29 is 9.53 Å². The maximum atomic E-state index is 12.5. The SMILES string of the molecule is CN=C(NCC(=O)N1CCC(Cc2ccccc2)CC1)NCC(C)(C)OC.I. The number of rotatable bonds is 7. The average Bonchev–Trinajstić information content (AvgIpc) is 2.69. The molecule has 0 saturated carbocycles. The van der Waals surface area contributed by atoms with Crippen LogP contribution in [0.2, 0.25) is 0 Å². The number of likely N-dealkylation sites (tertiary alicyclic amines) is 1. The van der Waals surface area contributed by atoms with Crippen LogP contribution in [0.1, 0.15) is 32.3 Å². The predicted octanol–water partition coefficient (Wildman–Crippen LogP) is 2.68. The Morgan fingerprint density at radius 3 is 2.43 bits per heavy atom. The molecule has 0 aromatic heterocycles. The molecule has 1 saturated heterocycles. The van der Waals surface area contributed by atoms with Gasteiger partial charge in [-0.15, -0.1) is 24.0 Å². The van der Waals surface area contributed by atoms with Crippen LogP contribution in [-0.2, 0) is 16.0 Å². The Hall–Kier alpha value is -1.35. The average molecular weight is 502 g/mol. The highest BCUT2D eigenvalue weighted by Gasteiger charge is 2.23. The first-order valence-corrected chi connectivity index (χ1v) is 9.75. The Kier molecular flexibility index (Phi) is 10.8. The van der Waals surface area contributed by atoms with Crippen molar-refractivity contribution in [2.24, 2.45) is 10.9 Å². The number of nitrogens with zero attached hydrogens (tertiary/aromatic N) is 2.